The molecule has 3 aromatic carbocycles. The Bertz CT molecular complexity index is 1350. The van der Waals surface area contributed by atoms with E-state index in [4.69, 9.17) is 18.6 Å². The van der Waals surface area contributed by atoms with Gasteiger partial charge in [0.2, 0.25) is 11.7 Å². The number of ether oxygens (including phenoxy) is 3. The number of amides is 1. The van der Waals surface area contributed by atoms with Crippen LogP contribution in [0.2, 0.25) is 0 Å². The van der Waals surface area contributed by atoms with Gasteiger partial charge in [0, 0.05) is 22.7 Å². The quantitative estimate of drug-likeness (QED) is 0.366. The molecule has 1 heterocycles. The number of carbonyl (C=O) groups excluding carboxylic acids is 2. The van der Waals surface area contributed by atoms with E-state index in [1.165, 1.54) is 14.2 Å². The fourth-order valence-electron chi connectivity index (χ4n) is 3.77. The molecule has 7 nitrogen and oxygen atoms in total. The van der Waals surface area contributed by atoms with Gasteiger partial charge in [0.05, 0.1) is 33.3 Å². The zero-order valence-corrected chi connectivity index (χ0v) is 19.4. The van der Waals surface area contributed by atoms with Crippen LogP contribution < -0.4 is 19.5 Å². The van der Waals surface area contributed by atoms with Crippen molar-refractivity contribution in [1.82, 2.24) is 0 Å². The maximum Gasteiger partial charge on any atom is 0.232 e. The zero-order valence-electron chi connectivity index (χ0n) is 19.4. The van der Waals surface area contributed by atoms with E-state index >= 15 is 0 Å². The van der Waals surface area contributed by atoms with Crippen LogP contribution in [0.15, 0.2) is 65.1 Å². The molecule has 0 radical (unpaired) electrons. The Balaban J connectivity index is 1.57. The summed E-state index contributed by atoms with van der Waals surface area (Å²) < 4.78 is 21.7. The predicted molar refractivity (Wildman–Crippen MR) is 129 cm³/mol. The summed E-state index contributed by atoms with van der Waals surface area (Å²) in [6.07, 6.45) is 0.221. The lowest BCUT2D eigenvalue weighted by atomic mass is 10.0. The molecule has 34 heavy (non-hydrogen) atoms. The Kier molecular flexibility index (Phi) is 6.54. The summed E-state index contributed by atoms with van der Waals surface area (Å²) in [5, 5.41) is 3.67. The van der Waals surface area contributed by atoms with E-state index in [-0.39, 0.29) is 23.9 Å². The molecule has 1 amide bonds. The van der Waals surface area contributed by atoms with E-state index in [1.54, 1.807) is 37.4 Å². The van der Waals surface area contributed by atoms with Crippen LogP contribution >= 0.6 is 0 Å². The summed E-state index contributed by atoms with van der Waals surface area (Å²) in [5.41, 5.74) is 3.01. The number of fused-ring (bicyclic) bond motifs is 1. The van der Waals surface area contributed by atoms with E-state index in [0.29, 0.717) is 33.9 Å². The molecule has 4 aromatic rings. The molecule has 0 unspecified atom stereocenters. The van der Waals surface area contributed by atoms with Crippen molar-refractivity contribution in [3.05, 3.63) is 83.1 Å². The monoisotopic (exact) mass is 459 g/mol. The van der Waals surface area contributed by atoms with Crippen LogP contribution in [0.4, 0.5) is 5.69 Å². The lowest BCUT2D eigenvalue weighted by Crippen LogP contribution is -2.14. The first-order valence-corrected chi connectivity index (χ1v) is 10.7. The molecular weight excluding hydrogens is 434 g/mol. The molecule has 0 saturated carbocycles. The Labute approximate surface area is 197 Å². The second-order valence-electron chi connectivity index (χ2n) is 7.74. The third kappa shape index (κ3) is 4.59. The molecule has 0 bridgehead atoms. The summed E-state index contributed by atoms with van der Waals surface area (Å²) in [6, 6.07) is 17.7. The second-order valence-corrected chi connectivity index (χ2v) is 7.74. The SMILES string of the molecule is COc1ccc(CC(=O)Nc2ccc3c(C)c(C(=O)c4cc(OC)ccc4OC)oc3c2)cc1. The van der Waals surface area contributed by atoms with Gasteiger partial charge in [-0.3, -0.25) is 9.59 Å². The van der Waals surface area contributed by atoms with Crippen LogP contribution in [0, 0.1) is 6.92 Å². The van der Waals surface area contributed by atoms with E-state index in [0.717, 1.165) is 16.7 Å². The average Bonchev–Trinajstić information content (AvgIpc) is 3.19. The highest BCUT2D eigenvalue weighted by atomic mass is 16.5. The molecule has 0 aliphatic heterocycles. The number of ketones is 1. The van der Waals surface area contributed by atoms with Gasteiger partial charge in [0.1, 0.15) is 22.8 Å². The summed E-state index contributed by atoms with van der Waals surface area (Å²) >= 11 is 0. The third-order valence-electron chi connectivity index (χ3n) is 5.60. The average molecular weight is 459 g/mol. The first kappa shape index (κ1) is 22.9. The third-order valence-corrected chi connectivity index (χ3v) is 5.60. The summed E-state index contributed by atoms with van der Waals surface area (Å²) in [7, 11) is 4.64. The minimum atomic E-state index is -0.311. The van der Waals surface area contributed by atoms with E-state index < -0.39 is 0 Å². The predicted octanol–water partition coefficient (Wildman–Crippen LogP) is 5.18. The lowest BCUT2D eigenvalue weighted by molar-refractivity contribution is -0.115. The molecule has 174 valence electrons. The van der Waals surface area contributed by atoms with Gasteiger partial charge in [-0.2, -0.15) is 0 Å². The van der Waals surface area contributed by atoms with E-state index in [1.807, 2.05) is 37.3 Å². The van der Waals surface area contributed by atoms with Crippen molar-refractivity contribution in [3.63, 3.8) is 0 Å². The fourth-order valence-corrected chi connectivity index (χ4v) is 3.77. The highest BCUT2D eigenvalue weighted by Gasteiger charge is 2.23. The van der Waals surface area contributed by atoms with Crippen LogP contribution in [-0.4, -0.2) is 33.0 Å². The van der Waals surface area contributed by atoms with Crippen LogP contribution in [0.1, 0.15) is 27.2 Å². The number of anilines is 1. The molecule has 0 aliphatic carbocycles. The van der Waals surface area contributed by atoms with Crippen LogP contribution in [0.25, 0.3) is 11.0 Å². The first-order valence-electron chi connectivity index (χ1n) is 10.7. The van der Waals surface area contributed by atoms with Gasteiger partial charge in [-0.25, -0.2) is 0 Å². The molecule has 1 aromatic heterocycles. The number of nitrogens with one attached hydrogen (secondary N) is 1. The number of furan rings is 1. The number of hydrogen-bond donors (Lipinski definition) is 1. The molecule has 0 spiro atoms. The van der Waals surface area contributed by atoms with Crippen molar-refractivity contribution >= 4 is 28.3 Å². The van der Waals surface area contributed by atoms with Crippen molar-refractivity contribution in [1.29, 1.82) is 0 Å². The van der Waals surface area contributed by atoms with Crippen molar-refractivity contribution in [2.24, 2.45) is 0 Å². The van der Waals surface area contributed by atoms with Crippen LogP contribution in [0.5, 0.6) is 17.2 Å². The van der Waals surface area contributed by atoms with Gasteiger partial charge in [0.25, 0.3) is 0 Å². The Morgan fingerprint density at radius 3 is 2.24 bits per heavy atom. The maximum absolute atomic E-state index is 13.3. The van der Waals surface area contributed by atoms with Gasteiger partial charge in [-0.15, -0.1) is 0 Å². The minimum absolute atomic E-state index is 0.162. The van der Waals surface area contributed by atoms with Gasteiger partial charge < -0.3 is 23.9 Å². The fraction of sp³-hybridized carbons (Fsp3) is 0.185. The maximum atomic E-state index is 13.3. The summed E-state index contributed by atoms with van der Waals surface area (Å²) in [4.78, 5) is 25.8. The molecule has 0 aliphatic rings. The number of rotatable bonds is 8. The van der Waals surface area contributed by atoms with Crippen molar-refractivity contribution < 1.29 is 28.2 Å². The normalized spacial score (nSPS) is 10.7. The summed E-state index contributed by atoms with van der Waals surface area (Å²) in [5.74, 6) is 1.44. The van der Waals surface area contributed by atoms with Crippen molar-refractivity contribution in [2.75, 3.05) is 26.6 Å². The molecule has 0 fully saturated rings. The number of aryl methyl sites for hydroxylation is 1. The first-order chi connectivity index (χ1) is 16.4. The van der Waals surface area contributed by atoms with Gasteiger partial charge in [-0.1, -0.05) is 12.1 Å². The van der Waals surface area contributed by atoms with E-state index in [2.05, 4.69) is 5.32 Å². The van der Waals surface area contributed by atoms with Gasteiger partial charge >= 0.3 is 0 Å². The molecule has 0 atom stereocenters. The summed E-state index contributed by atoms with van der Waals surface area (Å²) in [6.45, 7) is 1.83. The number of hydrogen-bond acceptors (Lipinski definition) is 6. The Morgan fingerprint density at radius 1 is 0.853 bits per heavy atom. The number of benzene rings is 3. The smallest absolute Gasteiger partial charge is 0.232 e. The van der Waals surface area contributed by atoms with Crippen molar-refractivity contribution in [2.45, 2.75) is 13.3 Å². The second kappa shape index (κ2) is 9.70. The Morgan fingerprint density at radius 2 is 1.56 bits per heavy atom. The minimum Gasteiger partial charge on any atom is -0.497 e. The zero-order chi connectivity index (χ0) is 24.2. The van der Waals surface area contributed by atoms with Gasteiger partial charge in [-0.05, 0) is 55.0 Å². The van der Waals surface area contributed by atoms with Crippen molar-refractivity contribution in [3.8, 4) is 17.2 Å². The molecule has 4 rings (SSSR count). The molecular formula is C27H25NO6. The Hall–Kier alpha value is -4.26. The number of carbonyl (C=O) groups is 2. The topological polar surface area (TPSA) is 87.0 Å². The standard InChI is InChI=1S/C27H25NO6/c1-16-21-11-7-18(28-25(29)13-17-5-8-19(31-2)9-6-17)14-24(21)34-27(16)26(30)22-15-20(32-3)10-12-23(22)33-4/h5-12,14-15H,13H2,1-4H3,(H,28,29). The molecule has 0 saturated heterocycles. The van der Waals surface area contributed by atoms with E-state index in [9.17, 15) is 9.59 Å². The highest BCUT2D eigenvalue weighted by molar-refractivity contribution is 6.12. The number of methoxy groups -OCH3 is 3. The van der Waals surface area contributed by atoms with Crippen LogP contribution in [0.3, 0.4) is 0 Å². The largest absolute Gasteiger partial charge is 0.497 e. The highest BCUT2D eigenvalue weighted by Crippen LogP contribution is 2.32. The van der Waals surface area contributed by atoms with Gasteiger partial charge in [0.15, 0.2) is 5.76 Å². The van der Waals surface area contributed by atoms with Crippen LogP contribution in [-0.2, 0) is 11.2 Å². The molecule has 1 N–H and O–H groups in total. The molecule has 7 heteroatoms. The lowest BCUT2D eigenvalue weighted by Gasteiger charge is -2.08.